The molecule has 0 heterocycles. The van der Waals surface area contributed by atoms with Crippen LogP contribution in [0.25, 0.3) is 6.08 Å². The minimum Gasteiger partial charge on any atom is -0.452 e. The molecule has 7 nitrogen and oxygen atoms in total. The van der Waals surface area contributed by atoms with Gasteiger partial charge in [-0.15, -0.1) is 0 Å². The van der Waals surface area contributed by atoms with E-state index in [1.54, 1.807) is 0 Å². The smallest absolute Gasteiger partial charge is 0.331 e. The van der Waals surface area contributed by atoms with Crippen molar-refractivity contribution in [2.24, 2.45) is 0 Å². The number of hydrogen-bond acceptors (Lipinski definition) is 5. The highest BCUT2D eigenvalue weighted by Crippen LogP contribution is 2.12. The predicted molar refractivity (Wildman–Crippen MR) is 105 cm³/mol. The van der Waals surface area contributed by atoms with Crippen molar-refractivity contribution in [3.05, 3.63) is 81.9 Å². The van der Waals surface area contributed by atoms with Crippen molar-refractivity contribution in [3.63, 3.8) is 0 Å². The number of esters is 1. The van der Waals surface area contributed by atoms with E-state index in [2.05, 4.69) is 5.32 Å². The molecular formula is C21H22N2O5. The van der Waals surface area contributed by atoms with Crippen LogP contribution >= 0.6 is 0 Å². The van der Waals surface area contributed by atoms with Crippen LogP contribution in [-0.4, -0.2) is 29.4 Å². The number of benzene rings is 2. The maximum Gasteiger partial charge on any atom is 0.331 e. The topological polar surface area (TPSA) is 98.5 Å². The van der Waals surface area contributed by atoms with Gasteiger partial charge in [0, 0.05) is 24.3 Å². The van der Waals surface area contributed by atoms with Crippen molar-refractivity contribution in [1.82, 2.24) is 5.32 Å². The second-order valence-corrected chi connectivity index (χ2v) is 6.28. The normalized spacial score (nSPS) is 11.8. The zero-order valence-corrected chi connectivity index (χ0v) is 15.5. The SMILES string of the molecule is CC(CCc1ccccc1)NC(=O)COC(=O)C=Cc1ccc([N+](=O)[O-])cc1. The molecule has 0 aliphatic rings. The third-order valence-electron chi connectivity index (χ3n) is 3.98. The van der Waals surface area contributed by atoms with E-state index in [1.807, 2.05) is 37.3 Å². The standard InChI is InChI=1S/C21H22N2O5/c1-16(7-8-17-5-3-2-4-6-17)22-20(24)15-28-21(25)14-11-18-9-12-19(13-10-18)23(26)27/h2-6,9-14,16H,7-8,15H2,1H3,(H,22,24). The van der Waals surface area contributed by atoms with Gasteiger partial charge in [0.05, 0.1) is 4.92 Å². The zero-order chi connectivity index (χ0) is 20.4. The average Bonchev–Trinajstić information content (AvgIpc) is 2.70. The molecule has 0 radical (unpaired) electrons. The van der Waals surface area contributed by atoms with E-state index in [1.165, 1.54) is 42.0 Å². The fraction of sp³-hybridized carbons (Fsp3) is 0.238. The number of aryl methyl sites for hydroxylation is 1. The molecule has 1 atom stereocenters. The van der Waals surface area contributed by atoms with Crippen molar-refractivity contribution < 1.29 is 19.2 Å². The predicted octanol–water partition coefficient (Wildman–Crippen LogP) is 3.29. The Morgan fingerprint density at radius 3 is 2.46 bits per heavy atom. The van der Waals surface area contributed by atoms with Gasteiger partial charge in [-0.3, -0.25) is 14.9 Å². The van der Waals surface area contributed by atoms with Crippen LogP contribution in [0.4, 0.5) is 5.69 Å². The molecule has 0 fully saturated rings. The summed E-state index contributed by atoms with van der Waals surface area (Å²) in [5.41, 5.74) is 1.78. The van der Waals surface area contributed by atoms with Gasteiger partial charge in [0.1, 0.15) is 0 Å². The molecule has 7 heteroatoms. The monoisotopic (exact) mass is 382 g/mol. The number of non-ortho nitro benzene ring substituents is 1. The zero-order valence-electron chi connectivity index (χ0n) is 15.5. The quantitative estimate of drug-likeness (QED) is 0.311. The number of carbonyl (C=O) groups is 2. The number of ether oxygens (including phenoxy) is 1. The Balaban J connectivity index is 1.69. The molecule has 0 saturated carbocycles. The maximum atomic E-state index is 11.9. The molecule has 0 bridgehead atoms. The van der Waals surface area contributed by atoms with Crippen LogP contribution in [0.3, 0.4) is 0 Å². The molecule has 0 aromatic heterocycles. The average molecular weight is 382 g/mol. The number of nitro benzene ring substituents is 1. The number of carbonyl (C=O) groups excluding carboxylic acids is 2. The van der Waals surface area contributed by atoms with Crippen LogP contribution in [0.2, 0.25) is 0 Å². The highest BCUT2D eigenvalue weighted by atomic mass is 16.6. The lowest BCUT2D eigenvalue weighted by Crippen LogP contribution is -2.36. The van der Waals surface area contributed by atoms with Crippen molar-refractivity contribution in [2.75, 3.05) is 6.61 Å². The van der Waals surface area contributed by atoms with E-state index in [-0.39, 0.29) is 24.2 Å². The van der Waals surface area contributed by atoms with Crippen LogP contribution in [0.15, 0.2) is 60.7 Å². The summed E-state index contributed by atoms with van der Waals surface area (Å²) < 4.78 is 4.91. The maximum absolute atomic E-state index is 11.9. The molecule has 0 saturated heterocycles. The third kappa shape index (κ3) is 7.41. The van der Waals surface area contributed by atoms with Crippen LogP contribution in [-0.2, 0) is 20.7 Å². The number of nitrogens with one attached hydrogen (secondary N) is 1. The number of amides is 1. The molecule has 0 aliphatic heterocycles. The number of nitro groups is 1. The van der Waals surface area contributed by atoms with Crippen molar-refractivity contribution in [1.29, 1.82) is 0 Å². The number of nitrogens with zero attached hydrogens (tertiary/aromatic N) is 1. The first kappa shape index (κ1) is 20.8. The Bertz CT molecular complexity index is 832. The summed E-state index contributed by atoms with van der Waals surface area (Å²) in [7, 11) is 0. The lowest BCUT2D eigenvalue weighted by atomic mass is 10.1. The Morgan fingerprint density at radius 1 is 1.14 bits per heavy atom. The molecule has 0 aliphatic carbocycles. The van der Waals surface area contributed by atoms with Crippen molar-refractivity contribution in [2.45, 2.75) is 25.8 Å². The molecule has 1 N–H and O–H groups in total. The molecule has 2 aromatic rings. The van der Waals surface area contributed by atoms with E-state index in [4.69, 9.17) is 4.74 Å². The lowest BCUT2D eigenvalue weighted by Gasteiger charge is -2.13. The Hall–Kier alpha value is -3.48. The molecule has 2 aromatic carbocycles. The van der Waals surface area contributed by atoms with Crippen LogP contribution in [0.1, 0.15) is 24.5 Å². The second kappa shape index (κ2) is 10.6. The molecule has 146 valence electrons. The third-order valence-corrected chi connectivity index (χ3v) is 3.98. The summed E-state index contributed by atoms with van der Waals surface area (Å²) in [5.74, 6) is -1.02. The van der Waals surface area contributed by atoms with Gasteiger partial charge in [0.2, 0.25) is 0 Å². The van der Waals surface area contributed by atoms with Gasteiger partial charge < -0.3 is 10.1 Å². The Morgan fingerprint density at radius 2 is 1.82 bits per heavy atom. The van der Waals surface area contributed by atoms with E-state index >= 15 is 0 Å². The van der Waals surface area contributed by atoms with Gasteiger partial charge in [-0.25, -0.2) is 4.79 Å². The summed E-state index contributed by atoms with van der Waals surface area (Å²) in [5, 5.41) is 13.4. The van der Waals surface area contributed by atoms with Gasteiger partial charge in [-0.05, 0) is 49.1 Å². The van der Waals surface area contributed by atoms with E-state index in [0.717, 1.165) is 12.8 Å². The number of hydrogen-bond donors (Lipinski definition) is 1. The summed E-state index contributed by atoms with van der Waals surface area (Å²) in [6, 6.07) is 15.7. The molecular weight excluding hydrogens is 360 g/mol. The first-order chi connectivity index (χ1) is 13.4. The first-order valence-corrected chi connectivity index (χ1v) is 8.86. The van der Waals surface area contributed by atoms with Gasteiger partial charge in [-0.1, -0.05) is 30.3 Å². The van der Waals surface area contributed by atoms with Crippen LogP contribution in [0, 0.1) is 10.1 Å². The van der Waals surface area contributed by atoms with Gasteiger partial charge >= 0.3 is 5.97 Å². The minimum atomic E-state index is -0.662. The van der Waals surface area contributed by atoms with E-state index in [9.17, 15) is 19.7 Å². The summed E-state index contributed by atoms with van der Waals surface area (Å²) in [4.78, 5) is 33.7. The van der Waals surface area contributed by atoms with Gasteiger partial charge in [-0.2, -0.15) is 0 Å². The lowest BCUT2D eigenvalue weighted by molar-refractivity contribution is -0.384. The molecule has 1 amide bonds. The van der Waals surface area contributed by atoms with Crippen molar-refractivity contribution >= 4 is 23.6 Å². The summed E-state index contributed by atoms with van der Waals surface area (Å²) in [6.45, 7) is 1.54. The molecule has 0 spiro atoms. The van der Waals surface area contributed by atoms with Crippen molar-refractivity contribution in [3.8, 4) is 0 Å². The number of rotatable bonds is 9. The first-order valence-electron chi connectivity index (χ1n) is 8.86. The Labute approximate surface area is 163 Å². The van der Waals surface area contributed by atoms with Gasteiger partial charge in [0.15, 0.2) is 6.61 Å². The summed E-state index contributed by atoms with van der Waals surface area (Å²) >= 11 is 0. The molecule has 28 heavy (non-hydrogen) atoms. The Kier molecular flexibility index (Phi) is 7.90. The summed E-state index contributed by atoms with van der Waals surface area (Å²) in [6.07, 6.45) is 4.27. The highest BCUT2D eigenvalue weighted by Gasteiger charge is 2.09. The van der Waals surface area contributed by atoms with E-state index < -0.39 is 10.9 Å². The fourth-order valence-electron chi connectivity index (χ4n) is 2.47. The minimum absolute atomic E-state index is 0.0298. The second-order valence-electron chi connectivity index (χ2n) is 6.28. The largest absolute Gasteiger partial charge is 0.452 e. The fourth-order valence-corrected chi connectivity index (χ4v) is 2.47. The van der Waals surface area contributed by atoms with E-state index in [0.29, 0.717) is 5.56 Å². The van der Waals surface area contributed by atoms with Crippen LogP contribution in [0.5, 0.6) is 0 Å². The van der Waals surface area contributed by atoms with Crippen LogP contribution < -0.4 is 5.32 Å². The highest BCUT2D eigenvalue weighted by molar-refractivity contribution is 5.89. The van der Waals surface area contributed by atoms with Gasteiger partial charge in [0.25, 0.3) is 11.6 Å². The molecule has 1 unspecified atom stereocenters. The molecule has 2 rings (SSSR count).